The van der Waals surface area contributed by atoms with Gasteiger partial charge in [0.05, 0.1) is 4.90 Å². The predicted molar refractivity (Wildman–Crippen MR) is 119 cm³/mol. The molecule has 1 heterocycles. The van der Waals surface area contributed by atoms with Crippen LogP contribution in [0.25, 0.3) is 0 Å². The maximum atomic E-state index is 11.5. The van der Waals surface area contributed by atoms with Crippen LogP contribution in [0.5, 0.6) is 23.3 Å². The van der Waals surface area contributed by atoms with E-state index < -0.39 is 10.1 Å². The zero-order chi connectivity index (χ0) is 23.3. The maximum absolute atomic E-state index is 11.5. The zero-order valence-electron chi connectivity index (χ0n) is 16.9. The Bertz CT molecular complexity index is 1360. The number of hydrogen-bond acceptors (Lipinski definition) is 8. The largest absolute Gasteiger partial charge is 0.437 e. The van der Waals surface area contributed by atoms with Gasteiger partial charge < -0.3 is 14.8 Å². The Morgan fingerprint density at radius 1 is 0.818 bits per heavy atom. The van der Waals surface area contributed by atoms with Crippen LogP contribution in [0, 0.1) is 11.3 Å². The summed E-state index contributed by atoms with van der Waals surface area (Å²) in [4.78, 5) is 8.24. The molecule has 33 heavy (non-hydrogen) atoms. The van der Waals surface area contributed by atoms with Crippen LogP contribution < -0.4 is 14.8 Å². The molecule has 0 saturated heterocycles. The fourth-order valence-corrected chi connectivity index (χ4v) is 3.31. The molecule has 2 N–H and O–H groups in total. The summed E-state index contributed by atoms with van der Waals surface area (Å²) in [6.07, 6.45) is 0. The minimum Gasteiger partial charge on any atom is -0.437 e. The highest BCUT2D eigenvalue weighted by molar-refractivity contribution is 7.85. The number of ether oxygens (including phenoxy) is 2. The van der Waals surface area contributed by atoms with Gasteiger partial charge in [-0.05, 0) is 42.5 Å². The molecule has 164 valence electrons. The van der Waals surface area contributed by atoms with Gasteiger partial charge >= 0.3 is 0 Å². The average molecular weight is 460 g/mol. The first-order chi connectivity index (χ1) is 15.9. The third kappa shape index (κ3) is 5.43. The molecule has 4 rings (SSSR count). The molecule has 0 fully saturated rings. The van der Waals surface area contributed by atoms with Gasteiger partial charge in [-0.25, -0.2) is 0 Å². The van der Waals surface area contributed by atoms with Crippen LogP contribution >= 0.6 is 0 Å². The van der Waals surface area contributed by atoms with Crippen molar-refractivity contribution >= 4 is 21.8 Å². The molecule has 1 aromatic heterocycles. The second-order valence-corrected chi connectivity index (χ2v) is 8.02. The van der Waals surface area contributed by atoms with Crippen LogP contribution in [-0.2, 0) is 10.1 Å². The first kappa shape index (κ1) is 21.8. The van der Waals surface area contributed by atoms with E-state index in [0.29, 0.717) is 11.5 Å². The maximum Gasteiger partial charge on any atom is 0.294 e. The van der Waals surface area contributed by atoms with E-state index in [2.05, 4.69) is 15.3 Å². The van der Waals surface area contributed by atoms with E-state index in [1.165, 1.54) is 18.2 Å². The third-order valence-corrected chi connectivity index (χ3v) is 5.11. The highest BCUT2D eigenvalue weighted by Crippen LogP contribution is 2.33. The first-order valence-corrected chi connectivity index (χ1v) is 11.0. The van der Waals surface area contributed by atoms with Crippen molar-refractivity contribution in [3.05, 3.63) is 90.5 Å². The molecule has 0 amide bonds. The summed E-state index contributed by atoms with van der Waals surface area (Å²) < 4.78 is 43.8. The molecule has 3 aromatic carbocycles. The minimum atomic E-state index is -4.40. The topological polar surface area (TPSA) is 134 Å². The summed E-state index contributed by atoms with van der Waals surface area (Å²) in [5, 5.41) is 12.6. The van der Waals surface area contributed by atoms with Crippen molar-refractivity contribution in [1.29, 1.82) is 5.26 Å². The Hall–Kier alpha value is -4.46. The number of nitrogens with zero attached hydrogens (tertiary/aromatic N) is 3. The van der Waals surface area contributed by atoms with E-state index in [0.717, 1.165) is 0 Å². The lowest BCUT2D eigenvalue weighted by Gasteiger charge is -2.13. The second kappa shape index (κ2) is 9.35. The van der Waals surface area contributed by atoms with E-state index in [1.807, 2.05) is 18.2 Å². The van der Waals surface area contributed by atoms with Gasteiger partial charge in [-0.3, -0.25) is 4.55 Å². The number of nitrogens with one attached hydrogen (secondary N) is 1. The normalized spacial score (nSPS) is 10.8. The summed E-state index contributed by atoms with van der Waals surface area (Å²) in [5.74, 6) is 0.754. The fourth-order valence-electron chi connectivity index (χ4n) is 2.78. The predicted octanol–water partition coefficient (Wildman–Crippen LogP) is 4.92. The smallest absolute Gasteiger partial charge is 0.294 e. The Morgan fingerprint density at radius 3 is 1.85 bits per heavy atom. The van der Waals surface area contributed by atoms with Crippen LogP contribution in [0.1, 0.15) is 5.56 Å². The van der Waals surface area contributed by atoms with Gasteiger partial charge in [-0.2, -0.15) is 23.6 Å². The average Bonchev–Trinajstić information content (AvgIpc) is 2.80. The first-order valence-electron chi connectivity index (χ1n) is 9.55. The van der Waals surface area contributed by atoms with E-state index in [-0.39, 0.29) is 33.9 Å². The summed E-state index contributed by atoms with van der Waals surface area (Å²) in [7, 11) is -4.40. The lowest BCUT2D eigenvalue weighted by molar-refractivity contribution is 0.432. The number of rotatable bonds is 7. The molecule has 9 nitrogen and oxygen atoms in total. The Morgan fingerprint density at radius 2 is 1.36 bits per heavy atom. The molecule has 0 unspecified atom stereocenters. The summed E-state index contributed by atoms with van der Waals surface area (Å²) in [6, 6.07) is 25.0. The molecule has 0 aliphatic rings. The molecule has 10 heteroatoms. The van der Waals surface area contributed by atoms with Crippen molar-refractivity contribution in [3.63, 3.8) is 0 Å². The van der Waals surface area contributed by atoms with E-state index >= 15 is 0 Å². The van der Waals surface area contributed by atoms with Crippen LogP contribution in [0.3, 0.4) is 0 Å². The molecule has 0 bridgehead atoms. The Kier molecular flexibility index (Phi) is 6.17. The van der Waals surface area contributed by atoms with Gasteiger partial charge in [-0.15, -0.1) is 0 Å². The lowest BCUT2D eigenvalue weighted by Crippen LogP contribution is -2.05. The van der Waals surface area contributed by atoms with Gasteiger partial charge in [0, 0.05) is 5.69 Å². The monoisotopic (exact) mass is 460 g/mol. The van der Waals surface area contributed by atoms with Gasteiger partial charge in [0.1, 0.15) is 17.6 Å². The third-order valence-electron chi connectivity index (χ3n) is 4.26. The molecule has 0 atom stereocenters. The summed E-state index contributed by atoms with van der Waals surface area (Å²) in [6.45, 7) is 0. The Balaban J connectivity index is 1.77. The van der Waals surface area contributed by atoms with Crippen molar-refractivity contribution in [3.8, 4) is 29.3 Å². The number of aromatic nitrogens is 2. The lowest BCUT2D eigenvalue weighted by atomic mass is 10.3. The standard InChI is InChI=1S/C23H16N4O5S/c24-15-20-21(31-17-9-3-1-4-10-17)26-23(27-22(20)32-18-11-5-2-6-12-18)25-16-8-7-13-19(14-16)33(28,29)30/h1-14H,(H,25,26,27)(H,28,29,30). The quantitative estimate of drug-likeness (QED) is 0.368. The Labute approximate surface area is 189 Å². The highest BCUT2D eigenvalue weighted by atomic mass is 32.2. The summed E-state index contributed by atoms with van der Waals surface area (Å²) >= 11 is 0. The molecule has 0 spiro atoms. The molecule has 0 aliphatic heterocycles. The molecular weight excluding hydrogens is 444 g/mol. The fraction of sp³-hybridized carbons (Fsp3) is 0. The van der Waals surface area contributed by atoms with Gasteiger partial charge in [0.2, 0.25) is 17.7 Å². The van der Waals surface area contributed by atoms with Gasteiger partial charge in [0.15, 0.2) is 5.56 Å². The van der Waals surface area contributed by atoms with Crippen LogP contribution in [0.15, 0.2) is 89.8 Å². The minimum absolute atomic E-state index is 0.0154. The van der Waals surface area contributed by atoms with Crippen LogP contribution in [-0.4, -0.2) is 22.9 Å². The van der Waals surface area contributed by atoms with Gasteiger partial charge in [0.25, 0.3) is 10.1 Å². The van der Waals surface area contributed by atoms with E-state index in [4.69, 9.17) is 9.47 Å². The summed E-state index contributed by atoms with van der Waals surface area (Å²) in [5.41, 5.74) is 0.256. The molecule has 0 radical (unpaired) electrons. The number of benzene rings is 3. The van der Waals surface area contributed by atoms with E-state index in [9.17, 15) is 18.2 Å². The number of nitriles is 1. The molecule has 4 aromatic rings. The SMILES string of the molecule is N#Cc1c(Oc2ccccc2)nc(Nc2cccc(S(=O)(=O)O)c2)nc1Oc1ccccc1. The second-order valence-electron chi connectivity index (χ2n) is 6.60. The van der Waals surface area contributed by atoms with Crippen molar-refractivity contribution in [2.45, 2.75) is 4.90 Å². The van der Waals surface area contributed by atoms with Gasteiger partial charge in [-0.1, -0.05) is 42.5 Å². The van der Waals surface area contributed by atoms with Crippen molar-refractivity contribution < 1.29 is 22.4 Å². The van der Waals surface area contributed by atoms with Crippen LogP contribution in [0.4, 0.5) is 11.6 Å². The molecule has 0 aliphatic carbocycles. The number of hydrogen-bond donors (Lipinski definition) is 2. The van der Waals surface area contributed by atoms with Crippen molar-refractivity contribution in [2.75, 3.05) is 5.32 Å². The van der Waals surface area contributed by atoms with Crippen molar-refractivity contribution in [1.82, 2.24) is 9.97 Å². The van der Waals surface area contributed by atoms with Crippen LogP contribution in [0.2, 0.25) is 0 Å². The van der Waals surface area contributed by atoms with Crippen molar-refractivity contribution in [2.24, 2.45) is 0 Å². The molecule has 0 saturated carbocycles. The highest BCUT2D eigenvalue weighted by Gasteiger charge is 2.19. The number of anilines is 2. The zero-order valence-corrected chi connectivity index (χ0v) is 17.7. The molecular formula is C23H16N4O5S. The van der Waals surface area contributed by atoms with E-state index in [1.54, 1.807) is 54.6 Å². The number of para-hydroxylation sites is 2.